The number of unbranched alkanes of at least 4 members (excludes halogenated alkanes) is 31. The summed E-state index contributed by atoms with van der Waals surface area (Å²) < 4.78 is 16.9. The molecule has 0 N–H and O–H groups in total. The van der Waals surface area contributed by atoms with Crippen molar-refractivity contribution in [2.75, 3.05) is 13.2 Å². The fraction of sp³-hybridized carbons (Fsp3) is 0.712. The van der Waals surface area contributed by atoms with Crippen molar-refractivity contribution in [2.24, 2.45) is 0 Å². The number of hydrogen-bond acceptors (Lipinski definition) is 6. The van der Waals surface area contributed by atoms with Gasteiger partial charge in [-0.2, -0.15) is 0 Å². The largest absolute Gasteiger partial charge is 0.462 e. The van der Waals surface area contributed by atoms with Gasteiger partial charge in [0.2, 0.25) is 0 Å². The number of esters is 3. The molecule has 0 aromatic rings. The second-order valence-electron chi connectivity index (χ2n) is 22.0. The van der Waals surface area contributed by atoms with E-state index in [0.717, 1.165) is 116 Å². The van der Waals surface area contributed by atoms with Crippen LogP contribution in [0.2, 0.25) is 0 Å². The fourth-order valence-corrected chi connectivity index (χ4v) is 9.28. The molecule has 6 heteroatoms. The number of rotatable bonds is 60. The molecule has 0 heterocycles. The lowest BCUT2D eigenvalue weighted by Gasteiger charge is -2.18. The van der Waals surface area contributed by atoms with Gasteiger partial charge in [-0.25, -0.2) is 0 Å². The Morgan fingerprint density at radius 2 is 0.494 bits per heavy atom. The molecule has 0 aromatic carbocycles. The highest BCUT2D eigenvalue weighted by Crippen LogP contribution is 2.16. The molecule has 452 valence electrons. The highest BCUT2D eigenvalue weighted by atomic mass is 16.6. The van der Waals surface area contributed by atoms with Gasteiger partial charge in [-0.05, 0) is 109 Å². The third-order valence-corrected chi connectivity index (χ3v) is 14.3. The zero-order valence-electron chi connectivity index (χ0n) is 51.9. The van der Waals surface area contributed by atoms with E-state index in [0.29, 0.717) is 19.3 Å². The molecule has 0 rings (SSSR count). The van der Waals surface area contributed by atoms with Gasteiger partial charge in [0.1, 0.15) is 13.2 Å². The summed E-state index contributed by atoms with van der Waals surface area (Å²) >= 11 is 0. The molecular weight excluding hydrogens is 973 g/mol. The molecule has 0 aliphatic heterocycles. The molecule has 0 spiro atoms. The molecule has 0 bridgehead atoms. The van der Waals surface area contributed by atoms with Crippen LogP contribution < -0.4 is 0 Å². The van der Waals surface area contributed by atoms with Gasteiger partial charge in [-0.15, -0.1) is 0 Å². The maximum absolute atomic E-state index is 12.9. The molecule has 0 fully saturated rings. The van der Waals surface area contributed by atoms with E-state index in [1.54, 1.807) is 0 Å². The van der Waals surface area contributed by atoms with Crippen LogP contribution in [-0.2, 0) is 28.6 Å². The van der Waals surface area contributed by atoms with E-state index < -0.39 is 6.10 Å². The van der Waals surface area contributed by atoms with Crippen LogP contribution >= 0.6 is 0 Å². The fourth-order valence-electron chi connectivity index (χ4n) is 9.28. The molecule has 0 aliphatic rings. The van der Waals surface area contributed by atoms with Gasteiger partial charge in [0.15, 0.2) is 6.10 Å². The first-order valence-electron chi connectivity index (χ1n) is 33.4. The van der Waals surface area contributed by atoms with Crippen LogP contribution in [0.3, 0.4) is 0 Å². The van der Waals surface area contributed by atoms with E-state index in [-0.39, 0.29) is 31.1 Å². The first-order chi connectivity index (χ1) is 39.0. The summed E-state index contributed by atoms with van der Waals surface area (Å²) in [6.45, 7) is 6.49. The number of ether oxygens (including phenoxy) is 3. The lowest BCUT2D eigenvalue weighted by molar-refractivity contribution is -0.167. The molecule has 6 nitrogen and oxygen atoms in total. The molecule has 79 heavy (non-hydrogen) atoms. The van der Waals surface area contributed by atoms with Crippen molar-refractivity contribution in [1.29, 1.82) is 0 Å². The number of carbonyl (C=O) groups is 3. The van der Waals surface area contributed by atoms with Crippen molar-refractivity contribution >= 4 is 17.9 Å². The topological polar surface area (TPSA) is 78.9 Å². The van der Waals surface area contributed by atoms with Crippen LogP contribution in [0.15, 0.2) is 109 Å². The summed E-state index contributed by atoms with van der Waals surface area (Å²) in [7, 11) is 0. The second kappa shape index (κ2) is 66.6. The Hall–Kier alpha value is -3.93. The molecule has 0 aliphatic carbocycles. The van der Waals surface area contributed by atoms with Crippen LogP contribution in [0, 0.1) is 0 Å². The Balaban J connectivity index is 4.14. The number of carbonyl (C=O) groups excluding carboxylic acids is 3. The van der Waals surface area contributed by atoms with Gasteiger partial charge in [0.05, 0.1) is 0 Å². The minimum atomic E-state index is -0.780. The Bertz CT molecular complexity index is 1590. The van der Waals surface area contributed by atoms with Crippen LogP contribution in [0.1, 0.15) is 316 Å². The van der Waals surface area contributed by atoms with Gasteiger partial charge >= 0.3 is 17.9 Å². The predicted octanol–water partition coefficient (Wildman–Crippen LogP) is 23.0. The molecule has 0 saturated carbocycles. The summed E-state index contributed by atoms with van der Waals surface area (Å²) in [5.74, 6) is -0.886. The minimum absolute atomic E-state index is 0.0790. The molecule has 0 saturated heterocycles. The summed E-state index contributed by atoms with van der Waals surface area (Å²) in [5.41, 5.74) is 0. The molecule has 0 amide bonds. The maximum Gasteiger partial charge on any atom is 0.306 e. The quantitative estimate of drug-likeness (QED) is 0.0261. The summed E-state index contributed by atoms with van der Waals surface area (Å²) in [4.78, 5) is 38.1. The van der Waals surface area contributed by atoms with Crippen LogP contribution in [0.25, 0.3) is 0 Å². The normalized spacial score (nSPS) is 12.8. The molecular formula is C73H124O6. The van der Waals surface area contributed by atoms with Crippen molar-refractivity contribution in [3.8, 4) is 0 Å². The molecule has 1 unspecified atom stereocenters. The highest BCUT2D eigenvalue weighted by Gasteiger charge is 2.19. The van der Waals surface area contributed by atoms with Crippen molar-refractivity contribution < 1.29 is 28.6 Å². The van der Waals surface area contributed by atoms with Gasteiger partial charge in [0, 0.05) is 19.3 Å². The van der Waals surface area contributed by atoms with E-state index in [1.165, 1.54) is 161 Å². The summed E-state index contributed by atoms with van der Waals surface area (Å²) in [6, 6.07) is 0. The molecule has 0 aromatic heterocycles. The van der Waals surface area contributed by atoms with Crippen LogP contribution in [-0.4, -0.2) is 37.2 Å². The predicted molar refractivity (Wildman–Crippen MR) is 343 cm³/mol. The average Bonchev–Trinajstić information content (AvgIpc) is 3.45. The van der Waals surface area contributed by atoms with E-state index in [2.05, 4.69) is 130 Å². The van der Waals surface area contributed by atoms with Crippen molar-refractivity contribution in [2.45, 2.75) is 322 Å². The van der Waals surface area contributed by atoms with E-state index in [9.17, 15) is 14.4 Å². The second-order valence-corrected chi connectivity index (χ2v) is 22.0. The van der Waals surface area contributed by atoms with Crippen LogP contribution in [0.5, 0.6) is 0 Å². The minimum Gasteiger partial charge on any atom is -0.462 e. The number of allylic oxidation sites excluding steroid dienone is 18. The van der Waals surface area contributed by atoms with Gasteiger partial charge in [0.25, 0.3) is 0 Å². The van der Waals surface area contributed by atoms with Gasteiger partial charge in [-0.3, -0.25) is 14.4 Å². The van der Waals surface area contributed by atoms with Crippen molar-refractivity contribution in [3.63, 3.8) is 0 Å². The van der Waals surface area contributed by atoms with E-state index in [4.69, 9.17) is 14.2 Å². The molecule has 0 radical (unpaired) electrons. The third kappa shape index (κ3) is 64.8. The Morgan fingerprint density at radius 1 is 0.266 bits per heavy atom. The van der Waals surface area contributed by atoms with Crippen molar-refractivity contribution in [3.05, 3.63) is 109 Å². The summed E-state index contributed by atoms with van der Waals surface area (Å²) in [5, 5.41) is 0. The lowest BCUT2D eigenvalue weighted by atomic mass is 10.0. The average molecular weight is 1100 g/mol. The Kier molecular flexibility index (Phi) is 63.3. The maximum atomic E-state index is 12.9. The van der Waals surface area contributed by atoms with Gasteiger partial charge in [-0.1, -0.05) is 297 Å². The third-order valence-electron chi connectivity index (χ3n) is 14.3. The van der Waals surface area contributed by atoms with E-state index in [1.807, 2.05) is 0 Å². The molecule has 1 atom stereocenters. The van der Waals surface area contributed by atoms with Gasteiger partial charge < -0.3 is 14.2 Å². The summed E-state index contributed by atoms with van der Waals surface area (Å²) in [6.07, 6.45) is 91.2. The van der Waals surface area contributed by atoms with Crippen molar-refractivity contribution in [1.82, 2.24) is 0 Å². The highest BCUT2D eigenvalue weighted by molar-refractivity contribution is 5.71. The Morgan fingerprint density at radius 3 is 0.772 bits per heavy atom. The van der Waals surface area contributed by atoms with E-state index >= 15 is 0 Å². The smallest absolute Gasteiger partial charge is 0.306 e. The number of hydrogen-bond donors (Lipinski definition) is 0. The first kappa shape index (κ1) is 75.1. The lowest BCUT2D eigenvalue weighted by Crippen LogP contribution is -2.30. The first-order valence-corrected chi connectivity index (χ1v) is 33.4. The van der Waals surface area contributed by atoms with Crippen LogP contribution in [0.4, 0.5) is 0 Å². The standard InChI is InChI=1S/C73H124O6/c1-4-7-10-13-16-18-20-22-24-26-28-30-32-33-34-35-36-37-38-39-41-42-44-46-48-50-52-54-57-60-63-66-72(75)78-69-70(68-77-71(74)65-62-59-56-15-12-9-6-3)79-73(76)67-64-61-58-55-53-51-49-47-45-43-40-31-29-27-25-23-21-19-17-14-11-8-5-2/h7,10,16,18,21-24,27-30,33-34,36-37,39,41,70H,4-6,8-9,11-15,17,19-20,25-26,31-32,35,38,40,42-69H2,1-3H3/b10-7-,18-16-,23-21-,24-22-,29-27-,30-28-,34-33-,37-36-,41-39-. The monoisotopic (exact) mass is 1100 g/mol. The zero-order valence-corrected chi connectivity index (χ0v) is 51.9. The Labute approximate surface area is 489 Å². The SMILES string of the molecule is CC/C=C\C/C=C\C/C=C\C/C=C\C/C=C\C/C=C\C/C=C\CCCCCCCCCCCC(=O)OCC(COC(=O)CCCCCCCCC)OC(=O)CCCCCCCCCCCCC/C=C\C/C=C\CCCCCCC. The zero-order chi connectivity index (χ0) is 57.1.